The van der Waals surface area contributed by atoms with E-state index >= 15 is 0 Å². The Morgan fingerprint density at radius 2 is 2.29 bits per heavy atom. The predicted molar refractivity (Wildman–Crippen MR) is 45.4 cm³/mol. The third-order valence-electron chi connectivity index (χ3n) is 1.54. The number of rotatable bonds is 2. The van der Waals surface area contributed by atoms with Crippen LogP contribution in [0, 0.1) is 5.82 Å². The molecule has 1 aromatic rings. The van der Waals surface area contributed by atoms with Crippen LogP contribution in [0.15, 0.2) is 12.3 Å². The maximum Gasteiger partial charge on any atom is 0.490 e. The molecule has 0 saturated heterocycles. The number of nitrogens with zero attached hydrogens (tertiary/aromatic N) is 1. The normalized spacial score (nSPS) is 9.71. The summed E-state index contributed by atoms with van der Waals surface area (Å²) < 4.78 is 17.3. The number of carbonyl (C=O) groups is 1. The van der Waals surface area contributed by atoms with Crippen molar-refractivity contribution in [2.75, 3.05) is 7.11 Å². The van der Waals surface area contributed by atoms with Gasteiger partial charge in [0.15, 0.2) is 11.5 Å². The highest BCUT2D eigenvalue weighted by Crippen LogP contribution is 2.02. The van der Waals surface area contributed by atoms with E-state index in [-0.39, 0.29) is 5.46 Å². The molecule has 74 valence electrons. The van der Waals surface area contributed by atoms with E-state index in [1.54, 1.807) is 0 Å². The van der Waals surface area contributed by atoms with Crippen LogP contribution < -0.4 is 5.46 Å². The molecule has 1 rings (SSSR count). The number of hydrogen-bond acceptors (Lipinski definition) is 5. The summed E-state index contributed by atoms with van der Waals surface area (Å²) in [5.41, 5.74) is -0.618. The molecule has 0 spiro atoms. The van der Waals surface area contributed by atoms with E-state index in [2.05, 4.69) is 9.72 Å². The molecule has 7 heteroatoms. The number of halogens is 1. The summed E-state index contributed by atoms with van der Waals surface area (Å²) in [6, 6.07) is 0.809. The van der Waals surface area contributed by atoms with Crippen molar-refractivity contribution < 1.29 is 24.0 Å². The maximum absolute atomic E-state index is 13.1. The molecule has 5 nitrogen and oxygen atoms in total. The summed E-state index contributed by atoms with van der Waals surface area (Å²) in [7, 11) is -0.721. The number of carbonyl (C=O) groups excluding carboxylic acids is 1. The number of methoxy groups -OCH3 is 1. The molecule has 0 aliphatic carbocycles. The van der Waals surface area contributed by atoms with Crippen LogP contribution in [0.3, 0.4) is 0 Å². The molecule has 0 amide bonds. The summed E-state index contributed by atoms with van der Waals surface area (Å²) in [6.07, 6.45) is 0.986. The minimum Gasteiger partial charge on any atom is -0.464 e. The van der Waals surface area contributed by atoms with Crippen LogP contribution in [0.4, 0.5) is 4.39 Å². The molecule has 0 aliphatic heterocycles. The van der Waals surface area contributed by atoms with Crippen molar-refractivity contribution in [3.8, 4) is 0 Å². The van der Waals surface area contributed by atoms with E-state index in [4.69, 9.17) is 10.0 Å². The van der Waals surface area contributed by atoms with Crippen molar-refractivity contribution in [1.29, 1.82) is 0 Å². The molecule has 0 bridgehead atoms. The average molecular weight is 199 g/mol. The highest BCUT2D eigenvalue weighted by molar-refractivity contribution is 6.58. The summed E-state index contributed by atoms with van der Waals surface area (Å²) >= 11 is 0. The van der Waals surface area contributed by atoms with Gasteiger partial charge in [0, 0.05) is 11.7 Å². The van der Waals surface area contributed by atoms with Crippen LogP contribution in [-0.4, -0.2) is 35.2 Å². The summed E-state index contributed by atoms with van der Waals surface area (Å²) in [5, 5.41) is 17.3. The van der Waals surface area contributed by atoms with Gasteiger partial charge in [0.1, 0.15) is 0 Å². The van der Waals surface area contributed by atoms with Gasteiger partial charge in [-0.3, -0.25) is 0 Å². The number of pyridine rings is 1. The lowest BCUT2D eigenvalue weighted by Gasteiger charge is -2.02. The predicted octanol–water partition coefficient (Wildman–Crippen LogP) is -1.31. The average Bonchev–Trinajstić information content (AvgIpc) is 2.16. The smallest absolute Gasteiger partial charge is 0.464 e. The summed E-state index contributed by atoms with van der Waals surface area (Å²) in [5.74, 6) is -1.87. The highest BCUT2D eigenvalue weighted by Gasteiger charge is 2.18. The molecule has 0 unspecified atom stereocenters. The van der Waals surface area contributed by atoms with Crippen molar-refractivity contribution in [2.24, 2.45) is 0 Å². The summed E-state index contributed by atoms with van der Waals surface area (Å²) in [4.78, 5) is 14.3. The maximum atomic E-state index is 13.1. The van der Waals surface area contributed by atoms with Gasteiger partial charge in [-0.1, -0.05) is 0 Å². The van der Waals surface area contributed by atoms with E-state index in [0.717, 1.165) is 19.4 Å². The van der Waals surface area contributed by atoms with Gasteiger partial charge in [-0.05, 0) is 6.07 Å². The van der Waals surface area contributed by atoms with Gasteiger partial charge < -0.3 is 14.8 Å². The fourth-order valence-electron chi connectivity index (χ4n) is 0.841. The topological polar surface area (TPSA) is 79.7 Å². The van der Waals surface area contributed by atoms with Crippen LogP contribution in [0.25, 0.3) is 0 Å². The molecule has 1 aromatic heterocycles. The lowest BCUT2D eigenvalue weighted by atomic mass is 9.81. The zero-order valence-electron chi connectivity index (χ0n) is 7.27. The second kappa shape index (κ2) is 4.16. The molecular formula is C7H7BFNO4. The van der Waals surface area contributed by atoms with Crippen molar-refractivity contribution in [2.45, 2.75) is 0 Å². The first-order valence-electron chi connectivity index (χ1n) is 3.66. The van der Waals surface area contributed by atoms with Crippen molar-refractivity contribution in [3.05, 3.63) is 23.8 Å². The van der Waals surface area contributed by atoms with Gasteiger partial charge in [-0.15, -0.1) is 0 Å². The standard InChI is InChI=1S/C7H7BFNO4/c1-14-7(11)6-5(9)2-4(3-10-6)8(12)13/h2-3,12-13H,1H3. The molecule has 0 aromatic carbocycles. The number of hydrogen-bond donors (Lipinski definition) is 2. The minimum absolute atomic E-state index is 0.129. The molecule has 0 fully saturated rings. The van der Waals surface area contributed by atoms with E-state index in [0.29, 0.717) is 0 Å². The third kappa shape index (κ3) is 2.07. The number of esters is 1. The lowest BCUT2D eigenvalue weighted by molar-refractivity contribution is 0.0588. The lowest BCUT2D eigenvalue weighted by Crippen LogP contribution is -2.31. The molecule has 1 heterocycles. The van der Waals surface area contributed by atoms with Crippen LogP contribution in [0.2, 0.25) is 0 Å². The first kappa shape index (κ1) is 10.6. The second-order valence-electron chi connectivity index (χ2n) is 2.46. The Balaban J connectivity index is 3.07. The van der Waals surface area contributed by atoms with Gasteiger partial charge in [-0.25, -0.2) is 14.2 Å². The Bertz CT molecular complexity index is 358. The second-order valence-corrected chi connectivity index (χ2v) is 2.46. The summed E-state index contributed by atoms with van der Waals surface area (Å²) in [6.45, 7) is 0. The van der Waals surface area contributed by atoms with Gasteiger partial charge in [0.25, 0.3) is 0 Å². The van der Waals surface area contributed by atoms with Gasteiger partial charge in [-0.2, -0.15) is 0 Å². The van der Waals surface area contributed by atoms with E-state index in [1.807, 2.05) is 0 Å². The molecule has 0 radical (unpaired) electrons. The molecule has 2 N–H and O–H groups in total. The Morgan fingerprint density at radius 3 is 2.71 bits per heavy atom. The Morgan fingerprint density at radius 1 is 1.64 bits per heavy atom. The number of ether oxygens (including phenoxy) is 1. The first-order valence-corrected chi connectivity index (χ1v) is 3.66. The van der Waals surface area contributed by atoms with Crippen LogP contribution in [-0.2, 0) is 4.74 Å². The van der Waals surface area contributed by atoms with Crippen molar-refractivity contribution in [3.63, 3.8) is 0 Å². The van der Waals surface area contributed by atoms with Crippen LogP contribution in [0.1, 0.15) is 10.5 Å². The quantitative estimate of drug-likeness (QED) is 0.456. The van der Waals surface area contributed by atoms with Crippen molar-refractivity contribution in [1.82, 2.24) is 4.98 Å². The highest BCUT2D eigenvalue weighted by atomic mass is 19.1. The third-order valence-corrected chi connectivity index (χ3v) is 1.54. The van der Waals surface area contributed by atoms with Gasteiger partial charge >= 0.3 is 13.1 Å². The van der Waals surface area contributed by atoms with E-state index in [1.165, 1.54) is 0 Å². The van der Waals surface area contributed by atoms with Gasteiger partial charge in [0.2, 0.25) is 0 Å². The van der Waals surface area contributed by atoms with Crippen LogP contribution in [0.5, 0.6) is 0 Å². The van der Waals surface area contributed by atoms with E-state index in [9.17, 15) is 9.18 Å². The zero-order valence-corrected chi connectivity index (χ0v) is 7.27. The molecule has 0 saturated carbocycles. The molecule has 0 aliphatic rings. The molecule has 14 heavy (non-hydrogen) atoms. The number of aromatic nitrogens is 1. The zero-order chi connectivity index (χ0) is 10.7. The molecular weight excluding hydrogens is 192 g/mol. The van der Waals surface area contributed by atoms with Crippen molar-refractivity contribution >= 4 is 18.6 Å². The monoisotopic (exact) mass is 199 g/mol. The van der Waals surface area contributed by atoms with Crippen LogP contribution >= 0.6 is 0 Å². The fourth-order valence-corrected chi connectivity index (χ4v) is 0.841. The first-order chi connectivity index (χ1) is 6.56. The van der Waals surface area contributed by atoms with Gasteiger partial charge in [0.05, 0.1) is 7.11 Å². The fraction of sp³-hybridized carbons (Fsp3) is 0.143. The SMILES string of the molecule is COC(=O)c1ncc(B(O)O)cc1F. The Hall–Kier alpha value is -1.47. The largest absolute Gasteiger partial charge is 0.490 e. The molecule has 0 atom stereocenters. The van der Waals surface area contributed by atoms with E-state index < -0.39 is 24.6 Å². The minimum atomic E-state index is -1.82. The Labute approximate surface area is 79.3 Å². The Kier molecular flexibility index (Phi) is 3.16.